The van der Waals surface area contributed by atoms with Gasteiger partial charge in [0.15, 0.2) is 0 Å². The molecule has 12 heavy (non-hydrogen) atoms. The molecule has 0 aromatic heterocycles. The predicted octanol–water partition coefficient (Wildman–Crippen LogP) is 1.63. The van der Waals surface area contributed by atoms with Crippen molar-refractivity contribution in [2.24, 2.45) is 0 Å². The highest BCUT2D eigenvalue weighted by Crippen LogP contribution is 2.08. The smallest absolute Gasteiger partial charge is 0.115 e. The molecule has 2 nitrogen and oxygen atoms in total. The van der Waals surface area contributed by atoms with E-state index in [-0.39, 0.29) is 5.75 Å². The molecular formula is C9H9NOS. The molecule has 3 heteroatoms. The third-order valence-corrected chi connectivity index (χ3v) is 2.62. The summed E-state index contributed by atoms with van der Waals surface area (Å²) in [5, 5.41) is 8.32. The molecule has 0 radical (unpaired) electrons. The van der Waals surface area contributed by atoms with Gasteiger partial charge in [0.05, 0.1) is 16.9 Å². The minimum Gasteiger partial charge on any atom is -0.253 e. The summed E-state index contributed by atoms with van der Waals surface area (Å²) in [5.41, 5.74) is 1.07. The van der Waals surface area contributed by atoms with Gasteiger partial charge in [0.25, 0.3) is 0 Å². The molecule has 1 atom stereocenters. The molecule has 1 unspecified atom stereocenters. The van der Waals surface area contributed by atoms with Gasteiger partial charge in [-0.2, -0.15) is 5.26 Å². The molecule has 1 rings (SSSR count). The molecule has 0 aliphatic carbocycles. The van der Waals surface area contributed by atoms with Crippen LogP contribution in [-0.2, 0) is 10.8 Å². The summed E-state index contributed by atoms with van der Waals surface area (Å²) in [6.07, 6.45) is 0. The summed E-state index contributed by atoms with van der Waals surface area (Å²) < 4.78 is 11.3. The van der Waals surface area contributed by atoms with Crippen LogP contribution in [0.3, 0.4) is 0 Å². The first kappa shape index (κ1) is 8.95. The Morgan fingerprint density at radius 2 is 2.33 bits per heavy atom. The first-order chi connectivity index (χ1) is 5.74. The Balaban J connectivity index is 2.90. The van der Waals surface area contributed by atoms with Crippen LogP contribution in [-0.4, -0.2) is 9.96 Å². The lowest BCUT2D eigenvalue weighted by molar-refractivity contribution is 0.685. The van der Waals surface area contributed by atoms with E-state index in [1.165, 1.54) is 0 Å². The lowest BCUT2D eigenvalue weighted by Crippen LogP contribution is -1.95. The van der Waals surface area contributed by atoms with Gasteiger partial charge in [0.1, 0.15) is 5.75 Å². The van der Waals surface area contributed by atoms with Crippen molar-refractivity contribution < 1.29 is 4.21 Å². The largest absolute Gasteiger partial charge is 0.253 e. The number of nitrogens with zero attached hydrogens (tertiary/aromatic N) is 1. The molecule has 0 bridgehead atoms. The fourth-order valence-corrected chi connectivity index (χ4v) is 1.73. The number of benzene rings is 1. The molecule has 0 saturated carbocycles. The van der Waals surface area contributed by atoms with Gasteiger partial charge < -0.3 is 0 Å². The zero-order chi connectivity index (χ0) is 8.97. The summed E-state index contributed by atoms with van der Waals surface area (Å²) in [4.78, 5) is 0.733. The SMILES string of the molecule is Cc1cccc(S(=O)CC#N)c1. The second-order valence-corrected chi connectivity index (χ2v) is 3.92. The second-order valence-electron chi connectivity index (χ2n) is 2.46. The van der Waals surface area contributed by atoms with E-state index in [9.17, 15) is 4.21 Å². The van der Waals surface area contributed by atoms with E-state index in [0.717, 1.165) is 10.5 Å². The van der Waals surface area contributed by atoms with Gasteiger partial charge in [-0.05, 0) is 24.6 Å². The van der Waals surface area contributed by atoms with Crippen molar-refractivity contribution >= 4 is 10.8 Å². The van der Waals surface area contributed by atoms with E-state index in [0.29, 0.717) is 0 Å². The Morgan fingerprint density at radius 3 is 2.92 bits per heavy atom. The van der Waals surface area contributed by atoms with Crippen LogP contribution in [0.1, 0.15) is 5.56 Å². The molecular weight excluding hydrogens is 170 g/mol. The number of nitriles is 1. The van der Waals surface area contributed by atoms with Crippen LogP contribution < -0.4 is 0 Å². The van der Waals surface area contributed by atoms with Crippen molar-refractivity contribution in [1.82, 2.24) is 0 Å². The quantitative estimate of drug-likeness (QED) is 0.692. The zero-order valence-corrected chi connectivity index (χ0v) is 7.60. The van der Waals surface area contributed by atoms with Gasteiger partial charge in [-0.3, -0.25) is 4.21 Å². The monoisotopic (exact) mass is 179 g/mol. The Labute approximate surface area is 74.3 Å². The topological polar surface area (TPSA) is 40.9 Å². The average molecular weight is 179 g/mol. The van der Waals surface area contributed by atoms with Crippen molar-refractivity contribution in [3.63, 3.8) is 0 Å². The van der Waals surface area contributed by atoms with Crippen molar-refractivity contribution in [3.8, 4) is 6.07 Å². The zero-order valence-electron chi connectivity index (χ0n) is 6.78. The summed E-state index contributed by atoms with van der Waals surface area (Å²) in [6.45, 7) is 1.94. The Hall–Kier alpha value is -1.14. The van der Waals surface area contributed by atoms with Crippen LogP contribution in [0.15, 0.2) is 29.2 Å². The molecule has 62 valence electrons. The van der Waals surface area contributed by atoms with Crippen LogP contribution in [0.25, 0.3) is 0 Å². The number of hydrogen-bond acceptors (Lipinski definition) is 2. The molecule has 0 aliphatic rings. The van der Waals surface area contributed by atoms with Gasteiger partial charge in [0.2, 0.25) is 0 Å². The lowest BCUT2D eigenvalue weighted by atomic mass is 10.2. The van der Waals surface area contributed by atoms with E-state index in [1.54, 1.807) is 6.07 Å². The summed E-state index contributed by atoms with van der Waals surface area (Å²) in [7, 11) is -1.15. The van der Waals surface area contributed by atoms with E-state index < -0.39 is 10.8 Å². The van der Waals surface area contributed by atoms with E-state index in [2.05, 4.69) is 0 Å². The van der Waals surface area contributed by atoms with Crippen LogP contribution in [0.2, 0.25) is 0 Å². The molecule has 0 aliphatic heterocycles. The maximum absolute atomic E-state index is 11.3. The third kappa shape index (κ3) is 2.18. The minimum absolute atomic E-state index is 0.0729. The molecule has 0 heterocycles. The molecule has 1 aromatic rings. The van der Waals surface area contributed by atoms with E-state index in [1.807, 2.05) is 31.2 Å². The van der Waals surface area contributed by atoms with Crippen molar-refractivity contribution in [1.29, 1.82) is 5.26 Å². The first-order valence-electron chi connectivity index (χ1n) is 3.56. The average Bonchev–Trinajstić information content (AvgIpc) is 2.05. The van der Waals surface area contributed by atoms with Gasteiger partial charge in [-0.1, -0.05) is 12.1 Å². The van der Waals surface area contributed by atoms with Crippen LogP contribution >= 0.6 is 0 Å². The normalized spacial score (nSPS) is 12.0. The molecule has 0 fully saturated rings. The highest BCUT2D eigenvalue weighted by atomic mass is 32.2. The number of hydrogen-bond donors (Lipinski definition) is 0. The predicted molar refractivity (Wildman–Crippen MR) is 48.1 cm³/mol. The van der Waals surface area contributed by atoms with E-state index in [4.69, 9.17) is 5.26 Å². The molecule has 0 amide bonds. The van der Waals surface area contributed by atoms with Gasteiger partial charge in [-0.15, -0.1) is 0 Å². The van der Waals surface area contributed by atoms with Gasteiger partial charge in [-0.25, -0.2) is 0 Å². The lowest BCUT2D eigenvalue weighted by Gasteiger charge is -1.97. The van der Waals surface area contributed by atoms with Crippen molar-refractivity contribution in [3.05, 3.63) is 29.8 Å². The minimum atomic E-state index is -1.15. The Bertz CT molecular complexity index is 341. The highest BCUT2D eigenvalue weighted by Gasteiger charge is 2.01. The first-order valence-corrected chi connectivity index (χ1v) is 4.88. The summed E-state index contributed by atoms with van der Waals surface area (Å²) in [5.74, 6) is 0.0729. The van der Waals surface area contributed by atoms with Crippen LogP contribution in [0.4, 0.5) is 0 Å². The Morgan fingerprint density at radius 1 is 1.58 bits per heavy atom. The fraction of sp³-hybridized carbons (Fsp3) is 0.222. The molecule has 1 aromatic carbocycles. The summed E-state index contributed by atoms with van der Waals surface area (Å²) >= 11 is 0. The van der Waals surface area contributed by atoms with E-state index >= 15 is 0 Å². The number of rotatable bonds is 2. The molecule has 0 N–H and O–H groups in total. The van der Waals surface area contributed by atoms with Crippen molar-refractivity contribution in [2.75, 3.05) is 5.75 Å². The Kier molecular flexibility index (Phi) is 3.01. The van der Waals surface area contributed by atoms with Crippen molar-refractivity contribution in [2.45, 2.75) is 11.8 Å². The van der Waals surface area contributed by atoms with Crippen LogP contribution in [0, 0.1) is 18.3 Å². The van der Waals surface area contributed by atoms with Crippen LogP contribution in [0.5, 0.6) is 0 Å². The maximum atomic E-state index is 11.3. The standard InChI is InChI=1S/C9H9NOS/c1-8-3-2-4-9(7-8)12(11)6-5-10/h2-4,7H,6H2,1H3. The third-order valence-electron chi connectivity index (χ3n) is 1.45. The number of aryl methyl sites for hydroxylation is 1. The highest BCUT2D eigenvalue weighted by molar-refractivity contribution is 7.85. The fourth-order valence-electron chi connectivity index (χ4n) is 0.899. The maximum Gasteiger partial charge on any atom is 0.115 e. The van der Waals surface area contributed by atoms with Gasteiger partial charge >= 0.3 is 0 Å². The summed E-state index contributed by atoms with van der Waals surface area (Å²) in [6, 6.07) is 9.29. The second kappa shape index (κ2) is 4.03. The molecule has 0 spiro atoms. The van der Waals surface area contributed by atoms with Gasteiger partial charge in [0, 0.05) is 4.90 Å². The molecule has 0 saturated heterocycles.